The summed E-state index contributed by atoms with van der Waals surface area (Å²) in [5.74, 6) is -1.35. The topological polar surface area (TPSA) is 9.23 Å². The Morgan fingerprint density at radius 1 is 0.867 bits per heavy atom. The molecule has 0 bridgehead atoms. The van der Waals surface area contributed by atoms with Gasteiger partial charge in [0, 0.05) is 6.61 Å². The minimum absolute atomic E-state index is 0.909. The molecule has 0 heterocycles. The van der Waals surface area contributed by atoms with Gasteiger partial charge < -0.3 is 4.43 Å². The zero-order chi connectivity index (χ0) is 11.6. The van der Waals surface area contributed by atoms with Gasteiger partial charge in [-0.15, -0.1) is 0 Å². The third-order valence-electron chi connectivity index (χ3n) is 2.71. The quantitative estimate of drug-likeness (QED) is 0.227. The van der Waals surface area contributed by atoms with Gasteiger partial charge in [-0.1, -0.05) is 74.2 Å². The summed E-state index contributed by atoms with van der Waals surface area (Å²) < 4.78 is 6.04. The third-order valence-corrected chi connectivity index (χ3v) is 9.89. The highest BCUT2D eigenvalue weighted by atomic mass is 127. The second kappa shape index (κ2) is 10.1. The molecule has 0 aromatic rings. The molecule has 15 heavy (non-hydrogen) atoms. The SMILES string of the molecule is CCCCCC[Si](I)(CCCC)OCC. The van der Waals surface area contributed by atoms with Crippen molar-refractivity contribution < 1.29 is 4.43 Å². The Labute approximate surface area is 110 Å². The Balaban J connectivity index is 3.78. The first-order valence-corrected chi connectivity index (χ1v) is 11.9. The maximum Gasteiger partial charge on any atom is 0.258 e. The van der Waals surface area contributed by atoms with Crippen molar-refractivity contribution in [2.75, 3.05) is 6.61 Å². The van der Waals surface area contributed by atoms with Crippen LogP contribution in [-0.4, -0.2) is 12.4 Å². The molecule has 1 nitrogen and oxygen atoms in total. The van der Waals surface area contributed by atoms with Gasteiger partial charge in [-0.2, -0.15) is 0 Å². The fourth-order valence-electron chi connectivity index (χ4n) is 1.78. The van der Waals surface area contributed by atoms with E-state index in [2.05, 4.69) is 42.6 Å². The molecule has 0 N–H and O–H groups in total. The van der Waals surface area contributed by atoms with Crippen LogP contribution in [0.3, 0.4) is 0 Å². The smallest absolute Gasteiger partial charge is 0.258 e. The molecule has 0 rings (SSSR count). The van der Waals surface area contributed by atoms with E-state index >= 15 is 0 Å². The summed E-state index contributed by atoms with van der Waals surface area (Å²) in [7, 11) is 0. The van der Waals surface area contributed by atoms with Crippen molar-refractivity contribution in [3.63, 3.8) is 0 Å². The Kier molecular flexibility index (Phi) is 10.7. The van der Waals surface area contributed by atoms with Crippen LogP contribution in [0.1, 0.15) is 59.3 Å². The molecule has 0 fully saturated rings. The lowest BCUT2D eigenvalue weighted by atomic mass is 10.2. The fraction of sp³-hybridized carbons (Fsp3) is 1.00. The number of hydrogen-bond acceptors (Lipinski definition) is 1. The zero-order valence-corrected chi connectivity index (χ0v) is 13.8. The summed E-state index contributed by atoms with van der Waals surface area (Å²) in [5, 5.41) is 0. The van der Waals surface area contributed by atoms with Gasteiger partial charge in [0.15, 0.2) is 0 Å². The van der Waals surface area contributed by atoms with Crippen LogP contribution in [-0.2, 0) is 4.43 Å². The lowest BCUT2D eigenvalue weighted by Gasteiger charge is -2.24. The van der Waals surface area contributed by atoms with E-state index in [1.165, 1.54) is 50.6 Å². The maximum absolute atomic E-state index is 6.04. The van der Waals surface area contributed by atoms with E-state index in [9.17, 15) is 0 Å². The van der Waals surface area contributed by atoms with Crippen LogP contribution < -0.4 is 0 Å². The lowest BCUT2D eigenvalue weighted by Crippen LogP contribution is -2.30. The molecule has 1 atom stereocenters. The largest absolute Gasteiger partial charge is 0.407 e. The van der Waals surface area contributed by atoms with Crippen LogP contribution in [0.15, 0.2) is 0 Å². The van der Waals surface area contributed by atoms with Gasteiger partial charge in [0.1, 0.15) is 0 Å². The van der Waals surface area contributed by atoms with Crippen LogP contribution in [0.4, 0.5) is 0 Å². The Morgan fingerprint density at radius 2 is 1.47 bits per heavy atom. The molecular formula is C12H27IOSi. The predicted molar refractivity (Wildman–Crippen MR) is 80.1 cm³/mol. The van der Waals surface area contributed by atoms with E-state index in [1.807, 2.05) is 0 Å². The fourth-order valence-corrected chi connectivity index (χ4v) is 7.72. The average molecular weight is 342 g/mol. The minimum Gasteiger partial charge on any atom is -0.407 e. The molecule has 0 aromatic heterocycles. The van der Waals surface area contributed by atoms with Crippen molar-refractivity contribution in [2.45, 2.75) is 71.4 Å². The summed E-state index contributed by atoms with van der Waals surface area (Å²) >= 11 is 2.67. The molecule has 0 saturated heterocycles. The molecule has 0 aliphatic rings. The van der Waals surface area contributed by atoms with Crippen LogP contribution in [0.2, 0.25) is 12.1 Å². The van der Waals surface area contributed by atoms with E-state index in [0.717, 1.165) is 6.61 Å². The summed E-state index contributed by atoms with van der Waals surface area (Å²) in [6, 6.07) is 2.71. The molecule has 0 amide bonds. The van der Waals surface area contributed by atoms with Crippen LogP contribution in [0.25, 0.3) is 0 Å². The molecule has 0 aromatic carbocycles. The van der Waals surface area contributed by atoms with Crippen molar-refractivity contribution in [1.82, 2.24) is 0 Å². The third kappa shape index (κ3) is 8.69. The summed E-state index contributed by atoms with van der Waals surface area (Å²) in [6.45, 7) is 7.59. The molecule has 3 heteroatoms. The van der Waals surface area contributed by atoms with Gasteiger partial charge in [-0.3, -0.25) is 0 Å². The van der Waals surface area contributed by atoms with E-state index in [0.29, 0.717) is 0 Å². The highest BCUT2D eigenvalue weighted by Crippen LogP contribution is 2.29. The standard InChI is InChI=1S/C12H27IOSi/c1-4-7-9-10-12-15(13,14-6-3)11-8-5-2/h4-12H2,1-3H3. The number of unbranched alkanes of at least 4 members (excludes halogenated alkanes) is 4. The molecule has 0 aliphatic carbocycles. The van der Waals surface area contributed by atoms with Gasteiger partial charge in [0.25, 0.3) is 5.81 Å². The zero-order valence-electron chi connectivity index (χ0n) is 10.7. The molecular weight excluding hydrogens is 315 g/mol. The van der Waals surface area contributed by atoms with Crippen molar-refractivity contribution in [3.05, 3.63) is 0 Å². The monoisotopic (exact) mass is 342 g/mol. The van der Waals surface area contributed by atoms with E-state index < -0.39 is 5.81 Å². The van der Waals surface area contributed by atoms with Gasteiger partial charge >= 0.3 is 0 Å². The first-order chi connectivity index (χ1) is 7.18. The Bertz CT molecular complexity index is 144. The second-order valence-corrected chi connectivity index (χ2v) is 13.2. The molecule has 0 spiro atoms. The highest BCUT2D eigenvalue weighted by Gasteiger charge is 2.29. The van der Waals surface area contributed by atoms with Gasteiger partial charge in [-0.25, -0.2) is 0 Å². The lowest BCUT2D eigenvalue weighted by molar-refractivity contribution is 0.335. The van der Waals surface area contributed by atoms with Crippen LogP contribution in [0.5, 0.6) is 0 Å². The summed E-state index contributed by atoms with van der Waals surface area (Å²) in [5.41, 5.74) is 0. The van der Waals surface area contributed by atoms with Crippen molar-refractivity contribution in [1.29, 1.82) is 0 Å². The number of halogens is 1. The minimum atomic E-state index is -1.35. The average Bonchev–Trinajstić information content (AvgIpc) is 2.22. The van der Waals surface area contributed by atoms with Crippen LogP contribution in [0, 0.1) is 0 Å². The highest BCUT2D eigenvalue weighted by molar-refractivity contribution is 14.1. The predicted octanol–water partition coefficient (Wildman–Crippen LogP) is 5.28. The van der Waals surface area contributed by atoms with E-state index in [4.69, 9.17) is 4.43 Å². The second-order valence-electron chi connectivity index (χ2n) is 4.23. The van der Waals surface area contributed by atoms with Gasteiger partial charge in [0.05, 0.1) is 0 Å². The van der Waals surface area contributed by atoms with Crippen molar-refractivity contribution in [2.24, 2.45) is 0 Å². The first kappa shape index (κ1) is 15.9. The summed E-state index contributed by atoms with van der Waals surface area (Å²) in [6.07, 6.45) is 8.16. The molecule has 1 unspecified atom stereocenters. The maximum atomic E-state index is 6.04. The molecule has 0 saturated carbocycles. The molecule has 0 aliphatic heterocycles. The number of rotatable bonds is 10. The van der Waals surface area contributed by atoms with Gasteiger partial charge in [-0.05, 0) is 19.0 Å². The summed E-state index contributed by atoms with van der Waals surface area (Å²) in [4.78, 5) is 0. The Morgan fingerprint density at radius 3 is 2.00 bits per heavy atom. The first-order valence-electron chi connectivity index (χ1n) is 6.51. The molecule has 0 radical (unpaired) electrons. The normalized spacial score (nSPS) is 15.2. The van der Waals surface area contributed by atoms with E-state index in [1.54, 1.807) is 0 Å². The van der Waals surface area contributed by atoms with Crippen molar-refractivity contribution >= 4 is 27.6 Å². The number of hydrogen-bond donors (Lipinski definition) is 0. The van der Waals surface area contributed by atoms with Gasteiger partial charge in [0.2, 0.25) is 0 Å². The van der Waals surface area contributed by atoms with E-state index in [-0.39, 0.29) is 0 Å². The Hall–Kier alpha value is 0.907. The van der Waals surface area contributed by atoms with Crippen LogP contribution >= 0.6 is 21.8 Å². The van der Waals surface area contributed by atoms with Crippen molar-refractivity contribution in [3.8, 4) is 0 Å². The molecule has 92 valence electrons.